The van der Waals surface area contributed by atoms with E-state index in [4.69, 9.17) is 9.47 Å². The van der Waals surface area contributed by atoms with Crippen molar-refractivity contribution in [2.75, 3.05) is 27.7 Å². The Labute approximate surface area is 183 Å². The van der Waals surface area contributed by atoms with E-state index >= 15 is 0 Å². The molecule has 0 bridgehead atoms. The summed E-state index contributed by atoms with van der Waals surface area (Å²) < 4.78 is 11.9. The van der Waals surface area contributed by atoms with Crippen LogP contribution in [0.2, 0.25) is 0 Å². The van der Waals surface area contributed by atoms with E-state index in [0.717, 1.165) is 18.5 Å². The van der Waals surface area contributed by atoms with Gasteiger partial charge in [0.1, 0.15) is 12.2 Å². The maximum Gasteiger partial charge on any atom is 0.195 e. The van der Waals surface area contributed by atoms with Crippen LogP contribution in [0.5, 0.6) is 11.5 Å². The second-order valence-corrected chi connectivity index (χ2v) is 7.65. The molecule has 5 nitrogen and oxygen atoms in total. The van der Waals surface area contributed by atoms with Gasteiger partial charge in [0.2, 0.25) is 0 Å². The van der Waals surface area contributed by atoms with Gasteiger partial charge in [-0.05, 0) is 37.4 Å². The van der Waals surface area contributed by atoms with E-state index in [0.29, 0.717) is 22.6 Å². The van der Waals surface area contributed by atoms with Gasteiger partial charge in [-0.25, -0.2) is 0 Å². The molecule has 0 aliphatic carbocycles. The molecule has 162 valence electrons. The van der Waals surface area contributed by atoms with Gasteiger partial charge < -0.3 is 19.5 Å². The maximum absolute atomic E-state index is 12.6. The Morgan fingerprint density at radius 2 is 1.55 bits per heavy atom. The van der Waals surface area contributed by atoms with Crippen LogP contribution in [0.3, 0.4) is 0 Å². The molecule has 0 fully saturated rings. The van der Waals surface area contributed by atoms with Gasteiger partial charge in [-0.15, -0.1) is 0 Å². The molecule has 0 amide bonds. The lowest BCUT2D eigenvalue weighted by Crippen LogP contribution is -2.19. The van der Waals surface area contributed by atoms with E-state index in [1.807, 2.05) is 50.5 Å². The molecule has 0 saturated carbocycles. The van der Waals surface area contributed by atoms with Crippen molar-refractivity contribution in [1.29, 1.82) is 0 Å². The van der Waals surface area contributed by atoms with Gasteiger partial charge in [0, 0.05) is 18.5 Å². The van der Waals surface area contributed by atoms with Gasteiger partial charge in [0.15, 0.2) is 17.3 Å². The highest BCUT2D eigenvalue weighted by Crippen LogP contribution is 2.35. The van der Waals surface area contributed by atoms with Crippen molar-refractivity contribution in [2.45, 2.75) is 18.6 Å². The Kier molecular flexibility index (Phi) is 7.82. The second-order valence-electron chi connectivity index (χ2n) is 7.65. The molecule has 2 atom stereocenters. The Morgan fingerprint density at radius 1 is 0.903 bits per heavy atom. The van der Waals surface area contributed by atoms with Crippen LogP contribution in [0.15, 0.2) is 78.9 Å². The third kappa shape index (κ3) is 5.94. The first kappa shape index (κ1) is 22.5. The van der Waals surface area contributed by atoms with E-state index in [-0.39, 0.29) is 11.9 Å². The van der Waals surface area contributed by atoms with Crippen LogP contribution in [0.25, 0.3) is 0 Å². The number of ether oxygens (including phenoxy) is 2. The molecule has 0 aromatic heterocycles. The van der Waals surface area contributed by atoms with Gasteiger partial charge in [-0.1, -0.05) is 66.7 Å². The number of rotatable bonds is 10. The minimum atomic E-state index is -1.27. The molecule has 0 aliphatic heterocycles. The average Bonchev–Trinajstić information content (AvgIpc) is 2.81. The fourth-order valence-electron chi connectivity index (χ4n) is 3.35. The summed E-state index contributed by atoms with van der Waals surface area (Å²) in [6.45, 7) is 0.865. The monoisotopic (exact) mass is 419 g/mol. The lowest BCUT2D eigenvalue weighted by atomic mass is 9.99. The van der Waals surface area contributed by atoms with Crippen LogP contribution >= 0.6 is 0 Å². The highest BCUT2D eigenvalue weighted by atomic mass is 16.5. The standard InChI is InChI=1S/C26H29NO4/c1-27(2)17-16-22(19-10-6-4-7-11-19)31-23-15-14-21(18-24(23)30-3)26(29)25(28)20-12-8-5-9-13-20/h4-15,18,22,26,29H,16-17H2,1-3H3/t22-,26?/m1/s1. The molecule has 0 radical (unpaired) electrons. The number of carbonyl (C=O) groups is 1. The number of aliphatic hydroxyl groups excluding tert-OH is 1. The van der Waals surface area contributed by atoms with E-state index in [2.05, 4.69) is 4.90 Å². The molecular weight excluding hydrogens is 390 g/mol. The Hall–Kier alpha value is -3.15. The first-order valence-electron chi connectivity index (χ1n) is 10.3. The number of ketones is 1. The predicted molar refractivity (Wildman–Crippen MR) is 122 cm³/mol. The summed E-state index contributed by atoms with van der Waals surface area (Å²) in [5, 5.41) is 10.6. The summed E-state index contributed by atoms with van der Waals surface area (Å²) in [4.78, 5) is 14.7. The molecular formula is C26H29NO4. The first-order chi connectivity index (χ1) is 15.0. The van der Waals surface area contributed by atoms with Crippen molar-refractivity contribution in [3.05, 3.63) is 95.6 Å². The second kappa shape index (κ2) is 10.8. The van der Waals surface area contributed by atoms with Crippen molar-refractivity contribution < 1.29 is 19.4 Å². The molecule has 1 unspecified atom stereocenters. The topological polar surface area (TPSA) is 59.0 Å². The number of methoxy groups -OCH3 is 1. The summed E-state index contributed by atoms with van der Waals surface area (Å²) in [6, 6.07) is 23.9. The van der Waals surface area contributed by atoms with Gasteiger partial charge in [-0.3, -0.25) is 4.79 Å². The number of nitrogens with zero attached hydrogens (tertiary/aromatic N) is 1. The largest absolute Gasteiger partial charge is 0.493 e. The van der Waals surface area contributed by atoms with Crippen LogP contribution in [-0.2, 0) is 0 Å². The molecule has 0 spiro atoms. The Bertz CT molecular complexity index is 973. The SMILES string of the molecule is COc1cc(C(O)C(=O)c2ccccc2)ccc1O[C@H](CCN(C)C)c1ccccc1. The molecule has 31 heavy (non-hydrogen) atoms. The number of hydrogen-bond acceptors (Lipinski definition) is 5. The third-order valence-electron chi connectivity index (χ3n) is 5.09. The van der Waals surface area contributed by atoms with Crippen LogP contribution in [-0.4, -0.2) is 43.5 Å². The summed E-state index contributed by atoms with van der Waals surface area (Å²) in [6.07, 6.45) is -0.625. The highest BCUT2D eigenvalue weighted by molar-refractivity contribution is 5.99. The van der Waals surface area contributed by atoms with Gasteiger partial charge in [0.05, 0.1) is 7.11 Å². The lowest BCUT2D eigenvalue weighted by molar-refractivity contribution is 0.0746. The molecule has 1 N–H and O–H groups in total. The zero-order chi connectivity index (χ0) is 22.2. The van der Waals surface area contributed by atoms with Gasteiger partial charge in [-0.2, -0.15) is 0 Å². The quantitative estimate of drug-likeness (QED) is 0.484. The zero-order valence-corrected chi connectivity index (χ0v) is 18.2. The predicted octanol–water partition coefficient (Wildman–Crippen LogP) is 4.68. The van der Waals surface area contributed by atoms with Crippen molar-refractivity contribution in [1.82, 2.24) is 4.90 Å². The smallest absolute Gasteiger partial charge is 0.195 e. The molecule has 3 rings (SSSR count). The summed E-state index contributed by atoms with van der Waals surface area (Å²) >= 11 is 0. The lowest BCUT2D eigenvalue weighted by Gasteiger charge is -2.23. The highest BCUT2D eigenvalue weighted by Gasteiger charge is 2.22. The van der Waals surface area contributed by atoms with E-state index in [1.165, 1.54) is 0 Å². The third-order valence-corrected chi connectivity index (χ3v) is 5.09. The van der Waals surface area contributed by atoms with Crippen molar-refractivity contribution in [3.63, 3.8) is 0 Å². The molecule has 3 aromatic rings. The fraction of sp³-hybridized carbons (Fsp3) is 0.269. The van der Waals surface area contributed by atoms with Gasteiger partial charge in [0.25, 0.3) is 0 Å². The van der Waals surface area contributed by atoms with Crippen molar-refractivity contribution in [3.8, 4) is 11.5 Å². The first-order valence-corrected chi connectivity index (χ1v) is 10.3. The number of carbonyl (C=O) groups excluding carboxylic acids is 1. The van der Waals surface area contributed by atoms with Crippen LogP contribution in [0, 0.1) is 0 Å². The molecule has 0 saturated heterocycles. The fourth-order valence-corrected chi connectivity index (χ4v) is 3.35. The van der Waals surface area contributed by atoms with E-state index in [9.17, 15) is 9.90 Å². The van der Waals surface area contributed by atoms with Crippen LogP contribution in [0.1, 0.15) is 40.1 Å². The minimum Gasteiger partial charge on any atom is -0.493 e. The summed E-state index contributed by atoms with van der Waals surface area (Å²) in [7, 11) is 5.61. The summed E-state index contributed by atoms with van der Waals surface area (Å²) in [5.41, 5.74) is 2.00. The van der Waals surface area contributed by atoms with Crippen molar-refractivity contribution in [2.24, 2.45) is 0 Å². The normalized spacial score (nSPS) is 12.9. The average molecular weight is 420 g/mol. The molecule has 0 aliphatic rings. The molecule has 5 heteroatoms. The summed E-state index contributed by atoms with van der Waals surface area (Å²) in [5.74, 6) is 0.686. The molecule has 3 aromatic carbocycles. The van der Waals surface area contributed by atoms with Crippen LogP contribution in [0.4, 0.5) is 0 Å². The minimum absolute atomic E-state index is 0.153. The molecule has 0 heterocycles. The van der Waals surface area contributed by atoms with Gasteiger partial charge >= 0.3 is 0 Å². The zero-order valence-electron chi connectivity index (χ0n) is 18.2. The Morgan fingerprint density at radius 3 is 2.16 bits per heavy atom. The van der Waals surface area contributed by atoms with E-state index < -0.39 is 6.10 Å². The number of hydrogen-bond donors (Lipinski definition) is 1. The van der Waals surface area contributed by atoms with Crippen molar-refractivity contribution >= 4 is 5.78 Å². The Balaban J connectivity index is 1.83. The van der Waals surface area contributed by atoms with Crippen LogP contribution < -0.4 is 9.47 Å². The van der Waals surface area contributed by atoms with E-state index in [1.54, 1.807) is 49.6 Å². The number of benzene rings is 3. The maximum atomic E-state index is 12.6. The number of aliphatic hydroxyl groups is 1. The number of Topliss-reactive ketones (excluding diaryl/α,β-unsaturated/α-hetero) is 1.